The average molecular weight is 205 g/mol. The molecule has 15 heavy (non-hydrogen) atoms. The van der Waals surface area contributed by atoms with Gasteiger partial charge in [0.25, 0.3) is 5.56 Å². The Hall–Kier alpha value is -1.58. The van der Waals surface area contributed by atoms with Crippen LogP contribution in [0, 0.1) is 6.92 Å². The molecule has 0 saturated carbocycles. The summed E-state index contributed by atoms with van der Waals surface area (Å²) in [5.74, 6) is 1.33. The van der Waals surface area contributed by atoms with Crippen LogP contribution in [0.1, 0.15) is 25.1 Å². The Kier molecular flexibility index (Phi) is 2.85. The lowest BCUT2D eigenvalue weighted by Gasteiger charge is -2.19. The van der Waals surface area contributed by atoms with E-state index in [-0.39, 0.29) is 5.56 Å². The largest absolute Gasteiger partial charge is 0.367 e. The topological polar surface area (TPSA) is 57.8 Å². The summed E-state index contributed by atoms with van der Waals surface area (Å²) < 4.78 is 0. The molecule has 0 aromatic carbocycles. The van der Waals surface area contributed by atoms with Gasteiger partial charge in [0.2, 0.25) is 0 Å². The van der Waals surface area contributed by atoms with Crippen LogP contribution in [0.25, 0.3) is 0 Å². The summed E-state index contributed by atoms with van der Waals surface area (Å²) in [5.41, 5.74) is -0.101. The highest BCUT2D eigenvalue weighted by atomic mass is 16.1. The summed E-state index contributed by atoms with van der Waals surface area (Å²) >= 11 is 0. The van der Waals surface area contributed by atoms with Gasteiger partial charge in [0.15, 0.2) is 0 Å². The van der Waals surface area contributed by atoms with Gasteiger partial charge in [-0.3, -0.25) is 4.79 Å². The fourth-order valence-corrected chi connectivity index (χ4v) is 1.79. The highest BCUT2D eigenvalue weighted by Crippen LogP contribution is 2.14. The minimum atomic E-state index is -0.101. The maximum absolute atomic E-state index is 11.2. The molecule has 0 fully saturated rings. The van der Waals surface area contributed by atoms with Crippen LogP contribution >= 0.6 is 0 Å². The number of allylic oxidation sites excluding steroid dienone is 1. The molecule has 0 amide bonds. The lowest BCUT2D eigenvalue weighted by atomic mass is 10.0. The van der Waals surface area contributed by atoms with Crippen molar-refractivity contribution >= 4 is 5.82 Å². The maximum Gasteiger partial charge on any atom is 0.252 e. The number of anilines is 1. The number of nitrogens with zero attached hydrogens (tertiary/aromatic N) is 1. The number of aromatic nitrogens is 2. The van der Waals surface area contributed by atoms with Gasteiger partial charge in [-0.2, -0.15) is 0 Å². The van der Waals surface area contributed by atoms with Gasteiger partial charge in [-0.25, -0.2) is 4.98 Å². The molecule has 0 bridgehead atoms. The Labute approximate surface area is 88.4 Å². The van der Waals surface area contributed by atoms with Gasteiger partial charge in [-0.1, -0.05) is 12.2 Å². The molecule has 1 aromatic rings. The van der Waals surface area contributed by atoms with Crippen molar-refractivity contribution in [1.82, 2.24) is 9.97 Å². The number of H-pyrrole nitrogens is 1. The number of hydrogen-bond donors (Lipinski definition) is 2. The van der Waals surface area contributed by atoms with E-state index in [0.717, 1.165) is 19.3 Å². The molecule has 1 aliphatic carbocycles. The molecular weight excluding hydrogens is 190 g/mol. The molecule has 0 spiro atoms. The summed E-state index contributed by atoms with van der Waals surface area (Å²) in [5, 5.41) is 3.28. The second-order valence-corrected chi connectivity index (χ2v) is 3.84. The quantitative estimate of drug-likeness (QED) is 0.721. The molecule has 2 N–H and O–H groups in total. The van der Waals surface area contributed by atoms with Gasteiger partial charge in [-0.05, 0) is 26.2 Å². The van der Waals surface area contributed by atoms with E-state index in [1.165, 1.54) is 6.07 Å². The Morgan fingerprint density at radius 2 is 2.40 bits per heavy atom. The van der Waals surface area contributed by atoms with Gasteiger partial charge in [0, 0.05) is 12.1 Å². The van der Waals surface area contributed by atoms with E-state index in [0.29, 0.717) is 17.7 Å². The van der Waals surface area contributed by atoms with Crippen LogP contribution in [-0.2, 0) is 0 Å². The highest BCUT2D eigenvalue weighted by Gasteiger charge is 2.10. The third-order valence-electron chi connectivity index (χ3n) is 2.48. The number of rotatable bonds is 2. The molecule has 0 saturated heterocycles. The van der Waals surface area contributed by atoms with Crippen molar-refractivity contribution in [3.05, 3.63) is 34.4 Å². The molecule has 1 aliphatic rings. The van der Waals surface area contributed by atoms with Crippen molar-refractivity contribution in [2.45, 2.75) is 32.2 Å². The fourth-order valence-electron chi connectivity index (χ4n) is 1.79. The van der Waals surface area contributed by atoms with Crippen molar-refractivity contribution in [1.29, 1.82) is 0 Å². The van der Waals surface area contributed by atoms with Gasteiger partial charge in [0.1, 0.15) is 11.6 Å². The maximum atomic E-state index is 11.2. The van der Waals surface area contributed by atoms with Crippen molar-refractivity contribution in [3.63, 3.8) is 0 Å². The lowest BCUT2D eigenvalue weighted by Crippen LogP contribution is -2.22. The summed E-state index contributed by atoms with van der Waals surface area (Å²) in [6.07, 6.45) is 7.56. The Morgan fingerprint density at radius 3 is 3.07 bits per heavy atom. The zero-order chi connectivity index (χ0) is 10.7. The van der Waals surface area contributed by atoms with E-state index in [9.17, 15) is 4.79 Å². The smallest absolute Gasteiger partial charge is 0.252 e. The number of aromatic amines is 1. The minimum absolute atomic E-state index is 0.101. The molecule has 1 atom stereocenters. The van der Waals surface area contributed by atoms with Crippen LogP contribution in [0.2, 0.25) is 0 Å². The molecule has 2 rings (SSSR count). The van der Waals surface area contributed by atoms with Crippen LogP contribution in [0.4, 0.5) is 5.82 Å². The first-order valence-corrected chi connectivity index (χ1v) is 5.23. The standard InChI is InChI=1S/C11H15N3O/c1-8-12-10(7-11(15)13-8)14-9-5-3-2-4-6-9/h2-3,7,9H,4-6H2,1H3,(H2,12,13,14,15). The minimum Gasteiger partial charge on any atom is -0.367 e. The number of aryl methyl sites for hydroxylation is 1. The zero-order valence-electron chi connectivity index (χ0n) is 8.79. The Balaban J connectivity index is 2.10. The summed E-state index contributed by atoms with van der Waals surface area (Å²) in [6.45, 7) is 1.79. The SMILES string of the molecule is Cc1nc(NC2CC=CCC2)cc(=O)[nH]1. The van der Waals surface area contributed by atoms with Crippen LogP contribution < -0.4 is 10.9 Å². The fraction of sp³-hybridized carbons (Fsp3) is 0.455. The first-order valence-electron chi connectivity index (χ1n) is 5.23. The van der Waals surface area contributed by atoms with Crippen LogP contribution in [-0.4, -0.2) is 16.0 Å². The second-order valence-electron chi connectivity index (χ2n) is 3.84. The van der Waals surface area contributed by atoms with Crippen molar-refractivity contribution in [2.24, 2.45) is 0 Å². The van der Waals surface area contributed by atoms with E-state index in [1.54, 1.807) is 6.92 Å². The average Bonchev–Trinajstić information content (AvgIpc) is 2.17. The van der Waals surface area contributed by atoms with Crippen molar-refractivity contribution < 1.29 is 0 Å². The van der Waals surface area contributed by atoms with Crippen LogP contribution in [0.5, 0.6) is 0 Å². The Morgan fingerprint density at radius 1 is 1.53 bits per heavy atom. The first kappa shape index (κ1) is 9.96. The van der Waals surface area contributed by atoms with E-state index < -0.39 is 0 Å². The second kappa shape index (κ2) is 4.29. The van der Waals surface area contributed by atoms with Gasteiger partial charge in [0.05, 0.1) is 0 Å². The first-order chi connectivity index (χ1) is 7.24. The normalized spacial score (nSPS) is 20.2. The Bertz CT molecular complexity index is 422. The molecule has 0 aliphatic heterocycles. The summed E-state index contributed by atoms with van der Waals surface area (Å²) in [7, 11) is 0. The summed E-state index contributed by atoms with van der Waals surface area (Å²) in [6, 6.07) is 1.91. The van der Waals surface area contributed by atoms with Gasteiger partial charge >= 0.3 is 0 Å². The molecule has 1 aromatic heterocycles. The molecule has 1 heterocycles. The highest BCUT2D eigenvalue weighted by molar-refractivity contribution is 5.34. The molecular formula is C11H15N3O. The lowest BCUT2D eigenvalue weighted by molar-refractivity contribution is 0.641. The molecule has 1 unspecified atom stereocenters. The number of hydrogen-bond acceptors (Lipinski definition) is 3. The number of nitrogens with one attached hydrogen (secondary N) is 2. The van der Waals surface area contributed by atoms with E-state index in [2.05, 4.69) is 27.4 Å². The molecule has 4 nitrogen and oxygen atoms in total. The van der Waals surface area contributed by atoms with Gasteiger partial charge < -0.3 is 10.3 Å². The predicted molar refractivity (Wildman–Crippen MR) is 60.0 cm³/mol. The third kappa shape index (κ3) is 2.68. The molecule has 80 valence electrons. The van der Waals surface area contributed by atoms with E-state index in [1.807, 2.05) is 0 Å². The molecule has 4 heteroatoms. The van der Waals surface area contributed by atoms with Gasteiger partial charge in [-0.15, -0.1) is 0 Å². The van der Waals surface area contributed by atoms with Crippen molar-refractivity contribution in [3.8, 4) is 0 Å². The monoisotopic (exact) mass is 205 g/mol. The van der Waals surface area contributed by atoms with E-state index >= 15 is 0 Å². The predicted octanol–water partition coefficient (Wildman–Crippen LogP) is 1.60. The summed E-state index contributed by atoms with van der Waals surface area (Å²) in [4.78, 5) is 18.1. The third-order valence-corrected chi connectivity index (χ3v) is 2.48. The van der Waals surface area contributed by atoms with E-state index in [4.69, 9.17) is 0 Å². The van der Waals surface area contributed by atoms with Crippen molar-refractivity contribution in [2.75, 3.05) is 5.32 Å². The van der Waals surface area contributed by atoms with Crippen LogP contribution in [0.15, 0.2) is 23.0 Å². The molecule has 0 radical (unpaired) electrons. The van der Waals surface area contributed by atoms with Crippen LogP contribution in [0.3, 0.4) is 0 Å². The zero-order valence-corrected chi connectivity index (χ0v) is 8.79.